The number of H-pyrrole nitrogens is 1. The SMILES string of the molecule is Nc1[nH]ncc1C(=O)NCCCC1CC1. The topological polar surface area (TPSA) is 83.8 Å². The van der Waals surface area contributed by atoms with E-state index in [2.05, 4.69) is 15.5 Å². The maximum absolute atomic E-state index is 11.5. The van der Waals surface area contributed by atoms with Crippen molar-refractivity contribution in [2.45, 2.75) is 25.7 Å². The first-order valence-corrected chi connectivity index (χ1v) is 5.34. The monoisotopic (exact) mass is 208 g/mol. The van der Waals surface area contributed by atoms with Gasteiger partial charge in [0.25, 0.3) is 5.91 Å². The van der Waals surface area contributed by atoms with E-state index >= 15 is 0 Å². The zero-order valence-electron chi connectivity index (χ0n) is 8.62. The molecule has 1 aliphatic rings. The number of carbonyl (C=O) groups excluding carboxylic acids is 1. The van der Waals surface area contributed by atoms with Gasteiger partial charge in [-0.1, -0.05) is 12.8 Å². The molecule has 0 radical (unpaired) electrons. The lowest BCUT2D eigenvalue weighted by Crippen LogP contribution is -2.24. The van der Waals surface area contributed by atoms with Gasteiger partial charge in [0.05, 0.1) is 6.20 Å². The van der Waals surface area contributed by atoms with Crippen molar-refractivity contribution in [2.24, 2.45) is 5.92 Å². The lowest BCUT2D eigenvalue weighted by Gasteiger charge is -2.03. The molecule has 0 saturated heterocycles. The van der Waals surface area contributed by atoms with Crippen molar-refractivity contribution in [3.63, 3.8) is 0 Å². The molecule has 5 nitrogen and oxygen atoms in total. The predicted octanol–water partition coefficient (Wildman–Crippen LogP) is 0.912. The molecule has 1 saturated carbocycles. The molecular weight excluding hydrogens is 192 g/mol. The molecule has 1 aromatic heterocycles. The average molecular weight is 208 g/mol. The van der Waals surface area contributed by atoms with Gasteiger partial charge in [0.1, 0.15) is 11.4 Å². The van der Waals surface area contributed by atoms with Gasteiger partial charge in [-0.05, 0) is 18.8 Å². The van der Waals surface area contributed by atoms with Crippen molar-refractivity contribution in [3.8, 4) is 0 Å². The fourth-order valence-corrected chi connectivity index (χ4v) is 1.57. The van der Waals surface area contributed by atoms with Crippen molar-refractivity contribution in [3.05, 3.63) is 11.8 Å². The molecule has 82 valence electrons. The first-order chi connectivity index (χ1) is 7.27. The molecule has 1 aromatic rings. The van der Waals surface area contributed by atoms with Crippen LogP contribution in [0.25, 0.3) is 0 Å². The minimum absolute atomic E-state index is 0.142. The number of nitrogens with zero attached hydrogens (tertiary/aromatic N) is 1. The lowest BCUT2D eigenvalue weighted by atomic mass is 10.2. The quantitative estimate of drug-likeness (QED) is 0.629. The van der Waals surface area contributed by atoms with Crippen LogP contribution in [0, 0.1) is 5.92 Å². The van der Waals surface area contributed by atoms with Gasteiger partial charge >= 0.3 is 0 Å². The summed E-state index contributed by atoms with van der Waals surface area (Å²) in [4.78, 5) is 11.5. The molecule has 0 atom stereocenters. The molecular formula is C10H16N4O. The Morgan fingerprint density at radius 1 is 1.67 bits per heavy atom. The van der Waals surface area contributed by atoms with E-state index in [-0.39, 0.29) is 5.91 Å². The first-order valence-electron chi connectivity index (χ1n) is 5.34. The second kappa shape index (κ2) is 4.33. The van der Waals surface area contributed by atoms with Crippen molar-refractivity contribution < 1.29 is 4.79 Å². The fraction of sp³-hybridized carbons (Fsp3) is 0.600. The van der Waals surface area contributed by atoms with Crippen LogP contribution < -0.4 is 11.1 Å². The second-order valence-corrected chi connectivity index (χ2v) is 4.04. The summed E-state index contributed by atoms with van der Waals surface area (Å²) < 4.78 is 0. The van der Waals surface area contributed by atoms with Gasteiger partial charge in [0.2, 0.25) is 0 Å². The molecule has 1 aliphatic carbocycles. The van der Waals surface area contributed by atoms with Crippen molar-refractivity contribution >= 4 is 11.7 Å². The Hall–Kier alpha value is -1.52. The Morgan fingerprint density at radius 2 is 2.47 bits per heavy atom. The van der Waals surface area contributed by atoms with Gasteiger partial charge in [0, 0.05) is 6.54 Å². The number of nitrogens with two attached hydrogens (primary N) is 1. The summed E-state index contributed by atoms with van der Waals surface area (Å²) >= 11 is 0. The Morgan fingerprint density at radius 3 is 3.07 bits per heavy atom. The molecule has 2 rings (SSSR count). The summed E-state index contributed by atoms with van der Waals surface area (Å²) in [6.45, 7) is 0.722. The van der Waals surface area contributed by atoms with E-state index in [9.17, 15) is 4.79 Å². The zero-order valence-corrected chi connectivity index (χ0v) is 8.62. The molecule has 0 aliphatic heterocycles. The number of hydrogen-bond acceptors (Lipinski definition) is 3. The largest absolute Gasteiger partial charge is 0.383 e. The highest BCUT2D eigenvalue weighted by Crippen LogP contribution is 2.33. The van der Waals surface area contributed by atoms with Crippen LogP contribution in [0.2, 0.25) is 0 Å². The molecule has 5 heteroatoms. The molecule has 0 unspecified atom stereocenters. The van der Waals surface area contributed by atoms with Crippen LogP contribution in [-0.2, 0) is 0 Å². The van der Waals surface area contributed by atoms with E-state index in [0.29, 0.717) is 11.4 Å². The maximum atomic E-state index is 11.5. The summed E-state index contributed by atoms with van der Waals surface area (Å²) in [5.41, 5.74) is 5.96. The predicted molar refractivity (Wildman–Crippen MR) is 57.3 cm³/mol. The molecule has 15 heavy (non-hydrogen) atoms. The fourth-order valence-electron chi connectivity index (χ4n) is 1.57. The highest BCUT2D eigenvalue weighted by atomic mass is 16.1. The molecule has 1 fully saturated rings. The number of rotatable bonds is 5. The van der Waals surface area contributed by atoms with E-state index < -0.39 is 0 Å². The minimum Gasteiger partial charge on any atom is -0.383 e. The molecule has 0 aromatic carbocycles. The number of amides is 1. The number of aromatic amines is 1. The number of anilines is 1. The first kappa shape index (κ1) is 10.0. The number of carbonyl (C=O) groups is 1. The highest BCUT2D eigenvalue weighted by molar-refractivity contribution is 5.97. The van der Waals surface area contributed by atoms with E-state index in [4.69, 9.17) is 5.73 Å². The van der Waals surface area contributed by atoms with Crippen LogP contribution in [0.4, 0.5) is 5.82 Å². The summed E-state index contributed by atoms with van der Waals surface area (Å²) in [5, 5.41) is 9.06. The van der Waals surface area contributed by atoms with Crippen molar-refractivity contribution in [2.75, 3.05) is 12.3 Å². The normalized spacial score (nSPS) is 15.2. The Labute approximate surface area is 88.4 Å². The zero-order chi connectivity index (χ0) is 10.7. The van der Waals surface area contributed by atoms with Crippen LogP contribution in [0.3, 0.4) is 0 Å². The van der Waals surface area contributed by atoms with Gasteiger partial charge in [-0.25, -0.2) is 0 Å². The van der Waals surface area contributed by atoms with Crippen molar-refractivity contribution in [1.29, 1.82) is 0 Å². The van der Waals surface area contributed by atoms with Gasteiger partial charge in [-0.2, -0.15) is 5.10 Å². The van der Waals surface area contributed by atoms with Gasteiger partial charge in [0.15, 0.2) is 0 Å². The van der Waals surface area contributed by atoms with E-state index in [0.717, 1.165) is 18.9 Å². The van der Waals surface area contributed by atoms with E-state index in [1.165, 1.54) is 25.5 Å². The van der Waals surface area contributed by atoms with E-state index in [1.54, 1.807) is 0 Å². The number of aromatic nitrogens is 2. The summed E-state index contributed by atoms with van der Waals surface area (Å²) in [7, 11) is 0. The van der Waals surface area contributed by atoms with Crippen LogP contribution >= 0.6 is 0 Å². The van der Waals surface area contributed by atoms with Crippen LogP contribution in [0.15, 0.2) is 6.20 Å². The van der Waals surface area contributed by atoms with Crippen LogP contribution in [-0.4, -0.2) is 22.6 Å². The van der Waals surface area contributed by atoms with Gasteiger partial charge < -0.3 is 11.1 Å². The van der Waals surface area contributed by atoms with E-state index in [1.807, 2.05) is 0 Å². The maximum Gasteiger partial charge on any atom is 0.256 e. The molecule has 0 bridgehead atoms. The summed E-state index contributed by atoms with van der Waals surface area (Å²) in [6, 6.07) is 0. The molecule has 1 heterocycles. The third-order valence-corrected chi connectivity index (χ3v) is 2.69. The van der Waals surface area contributed by atoms with Crippen LogP contribution in [0.1, 0.15) is 36.0 Å². The Balaban J connectivity index is 1.69. The molecule has 4 N–H and O–H groups in total. The highest BCUT2D eigenvalue weighted by Gasteiger charge is 2.20. The average Bonchev–Trinajstić information content (AvgIpc) is 2.94. The van der Waals surface area contributed by atoms with Crippen LogP contribution in [0.5, 0.6) is 0 Å². The smallest absolute Gasteiger partial charge is 0.256 e. The minimum atomic E-state index is -0.142. The molecule has 0 spiro atoms. The number of hydrogen-bond donors (Lipinski definition) is 3. The number of nitrogen functional groups attached to an aromatic ring is 1. The summed E-state index contributed by atoms with van der Waals surface area (Å²) in [6.07, 6.45) is 6.45. The summed E-state index contributed by atoms with van der Waals surface area (Å²) in [5.74, 6) is 1.10. The van der Waals surface area contributed by atoms with Gasteiger partial charge in [-0.15, -0.1) is 0 Å². The van der Waals surface area contributed by atoms with Gasteiger partial charge in [-0.3, -0.25) is 9.89 Å². The lowest BCUT2D eigenvalue weighted by molar-refractivity contribution is 0.0954. The third kappa shape index (κ3) is 2.71. The standard InChI is InChI=1S/C10H16N4O/c11-9-8(6-13-14-9)10(15)12-5-1-2-7-3-4-7/h6-7H,1-5H2,(H,12,15)(H3,11,13,14). The molecule has 1 amide bonds. The van der Waals surface area contributed by atoms with Crippen molar-refractivity contribution in [1.82, 2.24) is 15.5 Å². The Kier molecular flexibility index (Phi) is 2.89. The number of nitrogens with one attached hydrogen (secondary N) is 2. The third-order valence-electron chi connectivity index (χ3n) is 2.69. The Bertz CT molecular complexity index is 343. The second-order valence-electron chi connectivity index (χ2n) is 4.04.